The number of nitrogens with one attached hydrogen (secondary N) is 1. The van der Waals surface area contributed by atoms with E-state index in [2.05, 4.69) is 177 Å². The number of carbonyl (C=O) groups is 1. The third-order valence-electron chi connectivity index (χ3n) is 9.64. The van der Waals surface area contributed by atoms with Crippen molar-refractivity contribution in [3.63, 3.8) is 0 Å². The van der Waals surface area contributed by atoms with Crippen molar-refractivity contribution >= 4 is 5.91 Å². The second kappa shape index (κ2) is 51.1. The summed E-state index contributed by atoms with van der Waals surface area (Å²) in [6.07, 6.45) is 84.8. The van der Waals surface area contributed by atoms with Crippen molar-refractivity contribution in [2.24, 2.45) is 0 Å². The molecule has 3 N–H and O–H groups in total. The monoisotopic (exact) mass is 848 g/mol. The van der Waals surface area contributed by atoms with Crippen LogP contribution in [0.15, 0.2) is 170 Å². The predicted molar refractivity (Wildman–Crippen MR) is 275 cm³/mol. The normalized spacial score (nSPS) is 14.5. The first-order valence-electron chi connectivity index (χ1n) is 24.3. The summed E-state index contributed by atoms with van der Waals surface area (Å²) >= 11 is 0. The Morgan fingerprint density at radius 3 is 1.11 bits per heavy atom. The molecule has 0 heterocycles. The molecular weight excluding hydrogens is 759 g/mol. The molecule has 0 rings (SSSR count). The molecule has 0 bridgehead atoms. The highest BCUT2D eigenvalue weighted by Crippen LogP contribution is 2.09. The molecule has 2 atom stereocenters. The van der Waals surface area contributed by atoms with Gasteiger partial charge in [0.2, 0.25) is 5.91 Å². The van der Waals surface area contributed by atoms with E-state index < -0.39 is 12.1 Å². The highest BCUT2D eigenvalue weighted by Gasteiger charge is 2.17. The number of aliphatic hydroxyl groups is 2. The standard InChI is InChI=1S/C58H89NO3/c1-3-5-7-9-11-13-15-16-17-18-19-20-21-22-23-24-25-26-27-28-29-30-31-32-33-34-35-36-37-38-39-40-41-42-44-46-48-50-52-54-58(62)59-56(55-60)57(61)53-51-49-47-45-43-14-12-10-8-6-4-2/h5,7-8,10-11,13,16-17,19-20,22-23,25-26,28-29,31-32,34-35,37-38,40-41,43,45,51,53,56-57,60-61H,3-4,6,9,12,14-15,18,21,24,27,30,33,36,39,42,44,46-50,52,54-55H2,1-2H3,(H,59,62)/b7-5-,10-8+,13-11-,17-16-,20-19-,23-22-,26-25-,29-28-,32-31-,35-34-,38-37-,41-40-,45-43+,53-51+. The van der Waals surface area contributed by atoms with Crippen LogP contribution in [0.5, 0.6) is 0 Å². The van der Waals surface area contributed by atoms with Gasteiger partial charge in [0.05, 0.1) is 18.8 Å². The zero-order valence-electron chi connectivity index (χ0n) is 39.3. The van der Waals surface area contributed by atoms with Gasteiger partial charge in [0.25, 0.3) is 0 Å². The lowest BCUT2D eigenvalue weighted by molar-refractivity contribution is -0.123. The largest absolute Gasteiger partial charge is 0.394 e. The first-order valence-corrected chi connectivity index (χ1v) is 24.3. The van der Waals surface area contributed by atoms with Gasteiger partial charge in [-0.1, -0.05) is 210 Å². The summed E-state index contributed by atoms with van der Waals surface area (Å²) in [7, 11) is 0. The van der Waals surface area contributed by atoms with E-state index in [0.29, 0.717) is 6.42 Å². The summed E-state index contributed by atoms with van der Waals surface area (Å²) in [5.41, 5.74) is 0. The summed E-state index contributed by atoms with van der Waals surface area (Å²) in [6.45, 7) is 4.07. The first kappa shape index (κ1) is 57.8. The quantitative estimate of drug-likeness (QED) is 0.0424. The van der Waals surface area contributed by atoms with Crippen molar-refractivity contribution in [2.45, 2.75) is 180 Å². The van der Waals surface area contributed by atoms with Crippen LogP contribution < -0.4 is 5.32 Å². The second-order valence-corrected chi connectivity index (χ2v) is 15.4. The number of unbranched alkanes of at least 4 members (excludes halogenated alkanes) is 8. The van der Waals surface area contributed by atoms with Crippen LogP contribution in [0.3, 0.4) is 0 Å². The summed E-state index contributed by atoms with van der Waals surface area (Å²) in [5, 5.41) is 22.9. The van der Waals surface area contributed by atoms with Crippen molar-refractivity contribution in [1.82, 2.24) is 5.32 Å². The number of hydrogen-bond donors (Lipinski definition) is 3. The van der Waals surface area contributed by atoms with Crippen LogP contribution in [-0.2, 0) is 4.79 Å². The first-order chi connectivity index (χ1) is 30.7. The Hall–Kier alpha value is -4.25. The molecule has 1 amide bonds. The SMILES string of the molecule is CC/C=C\C/C=C\C/C=C\C/C=C\C/C=C\C/C=C\C/C=C\C/C=C\C/C=C\C/C=C\C/C=C\CCCCCCCC(=O)NC(CO)C(O)/C=C/CC/C=C/CC/C=C/CCC. The minimum absolute atomic E-state index is 0.108. The van der Waals surface area contributed by atoms with Crippen LogP contribution in [0, 0.1) is 0 Å². The zero-order valence-corrected chi connectivity index (χ0v) is 39.3. The Morgan fingerprint density at radius 2 is 0.726 bits per heavy atom. The number of rotatable bonds is 41. The molecule has 0 fully saturated rings. The van der Waals surface area contributed by atoms with E-state index in [1.165, 1.54) is 12.8 Å². The molecule has 0 aliphatic carbocycles. The highest BCUT2D eigenvalue weighted by atomic mass is 16.3. The van der Waals surface area contributed by atoms with Crippen molar-refractivity contribution in [1.29, 1.82) is 0 Å². The summed E-state index contributed by atoms with van der Waals surface area (Å²) in [6, 6.07) is -0.667. The van der Waals surface area contributed by atoms with Gasteiger partial charge in [-0.2, -0.15) is 0 Å². The topological polar surface area (TPSA) is 69.6 Å². The molecule has 4 heteroatoms. The van der Waals surface area contributed by atoms with E-state index >= 15 is 0 Å². The van der Waals surface area contributed by atoms with E-state index in [1.54, 1.807) is 6.08 Å². The lowest BCUT2D eigenvalue weighted by atomic mass is 10.1. The fraction of sp³-hybridized carbons (Fsp3) is 0.500. The molecule has 0 aliphatic rings. The molecule has 0 aromatic carbocycles. The summed E-state index contributed by atoms with van der Waals surface area (Å²) in [4.78, 5) is 12.4. The van der Waals surface area contributed by atoms with Crippen LogP contribution in [0.4, 0.5) is 0 Å². The Bertz CT molecular complexity index is 1420. The van der Waals surface area contributed by atoms with Gasteiger partial charge in [-0.05, 0) is 122 Å². The zero-order chi connectivity index (χ0) is 44.9. The molecule has 344 valence electrons. The van der Waals surface area contributed by atoms with E-state index in [-0.39, 0.29) is 12.5 Å². The Kier molecular flexibility index (Phi) is 47.6. The van der Waals surface area contributed by atoms with Gasteiger partial charge in [-0.25, -0.2) is 0 Å². The maximum atomic E-state index is 12.4. The number of aliphatic hydroxyl groups excluding tert-OH is 2. The minimum atomic E-state index is -0.889. The Morgan fingerprint density at radius 1 is 0.403 bits per heavy atom. The minimum Gasteiger partial charge on any atom is -0.394 e. The van der Waals surface area contributed by atoms with Crippen molar-refractivity contribution in [2.75, 3.05) is 6.61 Å². The van der Waals surface area contributed by atoms with Crippen molar-refractivity contribution in [3.8, 4) is 0 Å². The molecule has 0 aromatic heterocycles. The summed E-state index contributed by atoms with van der Waals surface area (Å²) in [5.74, 6) is -0.108. The molecule has 0 saturated carbocycles. The third-order valence-corrected chi connectivity index (χ3v) is 9.64. The predicted octanol–water partition coefficient (Wildman–Crippen LogP) is 16.0. The fourth-order valence-corrected chi connectivity index (χ4v) is 5.98. The van der Waals surface area contributed by atoms with E-state index in [4.69, 9.17) is 0 Å². The molecule has 0 aromatic rings. The van der Waals surface area contributed by atoms with Gasteiger partial charge >= 0.3 is 0 Å². The van der Waals surface area contributed by atoms with E-state index in [1.807, 2.05) is 6.08 Å². The number of amides is 1. The van der Waals surface area contributed by atoms with Crippen LogP contribution >= 0.6 is 0 Å². The molecule has 0 aliphatic heterocycles. The smallest absolute Gasteiger partial charge is 0.220 e. The van der Waals surface area contributed by atoms with Crippen LogP contribution in [0.25, 0.3) is 0 Å². The van der Waals surface area contributed by atoms with Crippen LogP contribution in [0.2, 0.25) is 0 Å². The maximum absolute atomic E-state index is 12.4. The van der Waals surface area contributed by atoms with Gasteiger partial charge < -0.3 is 15.5 Å². The molecular formula is C58H89NO3. The van der Waals surface area contributed by atoms with Gasteiger partial charge in [0.15, 0.2) is 0 Å². The number of carbonyl (C=O) groups excluding carboxylic acids is 1. The van der Waals surface area contributed by atoms with Gasteiger partial charge in [0, 0.05) is 6.42 Å². The van der Waals surface area contributed by atoms with E-state index in [0.717, 1.165) is 135 Å². The van der Waals surface area contributed by atoms with Crippen LogP contribution in [-0.4, -0.2) is 34.9 Å². The lowest BCUT2D eigenvalue weighted by Crippen LogP contribution is -2.45. The van der Waals surface area contributed by atoms with E-state index in [9.17, 15) is 15.0 Å². The molecule has 2 unspecified atom stereocenters. The second-order valence-electron chi connectivity index (χ2n) is 15.4. The maximum Gasteiger partial charge on any atom is 0.220 e. The summed E-state index contributed by atoms with van der Waals surface area (Å²) < 4.78 is 0. The van der Waals surface area contributed by atoms with Gasteiger partial charge in [-0.15, -0.1) is 0 Å². The van der Waals surface area contributed by atoms with Crippen LogP contribution in [0.1, 0.15) is 168 Å². The average Bonchev–Trinajstić information content (AvgIpc) is 3.28. The Labute approximate surface area is 381 Å². The number of hydrogen-bond acceptors (Lipinski definition) is 3. The van der Waals surface area contributed by atoms with Gasteiger partial charge in [-0.3, -0.25) is 4.79 Å². The van der Waals surface area contributed by atoms with Gasteiger partial charge in [0.1, 0.15) is 0 Å². The molecule has 0 spiro atoms. The fourth-order valence-electron chi connectivity index (χ4n) is 5.98. The van der Waals surface area contributed by atoms with Crippen molar-refractivity contribution < 1.29 is 15.0 Å². The molecule has 4 nitrogen and oxygen atoms in total. The molecule has 0 radical (unpaired) electrons. The molecule has 0 saturated heterocycles. The molecule has 62 heavy (non-hydrogen) atoms. The number of allylic oxidation sites excluding steroid dienone is 27. The Balaban J connectivity index is 3.74. The lowest BCUT2D eigenvalue weighted by Gasteiger charge is -2.19. The average molecular weight is 848 g/mol. The highest BCUT2D eigenvalue weighted by molar-refractivity contribution is 5.76. The third kappa shape index (κ3) is 46.8. The van der Waals surface area contributed by atoms with Crippen molar-refractivity contribution in [3.05, 3.63) is 170 Å².